The number of nitrogens with one attached hydrogen (secondary N) is 2. The van der Waals surface area contributed by atoms with Crippen molar-refractivity contribution in [1.29, 1.82) is 0 Å². The molecule has 2 heterocycles. The minimum absolute atomic E-state index is 0.0788. The highest BCUT2D eigenvalue weighted by atomic mass is 127. The number of hydrogen-bond donors (Lipinski definition) is 3. The van der Waals surface area contributed by atoms with Crippen LogP contribution in [0.25, 0.3) is 0 Å². The van der Waals surface area contributed by atoms with Gasteiger partial charge in [0, 0.05) is 23.2 Å². The highest BCUT2D eigenvalue weighted by molar-refractivity contribution is 14.2. The fraction of sp³-hybridized carbons (Fsp3) is 0.407. The van der Waals surface area contributed by atoms with E-state index in [9.17, 15) is 14.3 Å². The first-order valence-electron chi connectivity index (χ1n) is 12.2. The summed E-state index contributed by atoms with van der Waals surface area (Å²) in [6.07, 6.45) is 0.777. The quantitative estimate of drug-likeness (QED) is 0.114. The molecule has 4 rings (SSSR count). The molecule has 0 aliphatic carbocycles. The second-order valence-corrected chi connectivity index (χ2v) is 15.1. The van der Waals surface area contributed by atoms with Crippen molar-refractivity contribution in [3.8, 4) is 0 Å². The average molecular weight is 749 g/mol. The van der Waals surface area contributed by atoms with Crippen molar-refractivity contribution in [2.45, 2.75) is 46.4 Å². The van der Waals surface area contributed by atoms with Crippen LogP contribution in [0.1, 0.15) is 65.8 Å². The molecule has 3 aromatic rings. The molecule has 0 fully saturated rings. The van der Waals surface area contributed by atoms with Crippen LogP contribution in [-0.4, -0.2) is 35.3 Å². The summed E-state index contributed by atoms with van der Waals surface area (Å²) in [5.41, 5.74) is 4.24. The Kier molecular flexibility index (Phi) is 9.68. The maximum absolute atomic E-state index is 14.7. The second kappa shape index (κ2) is 12.6. The molecule has 0 amide bonds. The van der Waals surface area contributed by atoms with Gasteiger partial charge in [-0.15, -0.1) is 11.3 Å². The van der Waals surface area contributed by atoms with Crippen LogP contribution in [0.2, 0.25) is 0 Å². The maximum Gasteiger partial charge on any atom is 0.357 e. The third-order valence-electron chi connectivity index (χ3n) is 6.72. The zero-order valence-corrected chi connectivity index (χ0v) is 25.7. The summed E-state index contributed by atoms with van der Waals surface area (Å²) in [6, 6.07) is 16.2. The first kappa shape index (κ1) is 28.5. The fourth-order valence-corrected chi connectivity index (χ4v) is 6.16. The van der Waals surface area contributed by atoms with Crippen molar-refractivity contribution < 1.29 is 19.0 Å². The van der Waals surface area contributed by atoms with E-state index in [2.05, 4.69) is 34.7 Å². The molecule has 1 aliphatic rings. The van der Waals surface area contributed by atoms with Crippen LogP contribution < -0.4 is 10.6 Å². The molecule has 198 valence electrons. The molecule has 0 radical (unpaired) electrons. The summed E-state index contributed by atoms with van der Waals surface area (Å²) in [4.78, 5) is 16.1. The fourth-order valence-electron chi connectivity index (χ4n) is 4.79. The van der Waals surface area contributed by atoms with Crippen molar-refractivity contribution in [2.24, 2.45) is 5.92 Å². The largest absolute Gasteiger partial charge is 0.461 e. The number of nitrogens with zero attached hydrogens (tertiary/aromatic N) is 1. The van der Waals surface area contributed by atoms with Gasteiger partial charge >= 0.3 is 5.97 Å². The number of hydrogen-bond acceptors (Lipinski definition) is 7. The standard InChI is InChI=1S/C27H30FI2N3O3S/c1-3-36-25(35)23-15-37-26(33-23)31-14-19(34)10-11-20-16(2)21-13-18(27(28,29)30)9-12-22(21)32-24(20)17-7-5-4-6-8-17/h4-9,12-13,15-16,19-20,24,32,34H,3,10-11,14H2,1-2H3,(H,31,33)/t16-,19+,20+,24-/m0/s1. The summed E-state index contributed by atoms with van der Waals surface area (Å²) >= 11 is 4.95. The molecule has 0 saturated heterocycles. The predicted octanol–water partition coefficient (Wildman–Crippen LogP) is 7.41. The third kappa shape index (κ3) is 7.12. The van der Waals surface area contributed by atoms with E-state index in [1.807, 2.05) is 81.6 Å². The number of fused-ring (bicyclic) bond motifs is 1. The Bertz CT molecular complexity index is 1210. The van der Waals surface area contributed by atoms with E-state index in [1.54, 1.807) is 12.3 Å². The van der Waals surface area contributed by atoms with E-state index in [0.29, 0.717) is 30.3 Å². The molecule has 0 spiro atoms. The van der Waals surface area contributed by atoms with Gasteiger partial charge in [0.25, 0.3) is 0 Å². The Morgan fingerprint density at radius 2 is 2.05 bits per heavy atom. The number of benzene rings is 2. The first-order valence-corrected chi connectivity index (χ1v) is 15.3. The SMILES string of the molecule is CCOC(=O)c1csc(NC[C@H](O)CC[C@@H]2[C@H](C)c3cc(C(F)(I)I)ccc3N[C@H]2c2ccccc2)n1. The number of esters is 1. The van der Waals surface area contributed by atoms with Gasteiger partial charge in [0.15, 0.2) is 10.8 Å². The van der Waals surface area contributed by atoms with Crippen LogP contribution >= 0.6 is 56.5 Å². The smallest absolute Gasteiger partial charge is 0.357 e. The third-order valence-corrected chi connectivity index (χ3v) is 8.77. The average Bonchev–Trinajstić information content (AvgIpc) is 3.36. The molecule has 37 heavy (non-hydrogen) atoms. The molecule has 0 saturated carbocycles. The zero-order chi connectivity index (χ0) is 26.6. The van der Waals surface area contributed by atoms with Gasteiger partial charge in [-0.2, -0.15) is 0 Å². The van der Waals surface area contributed by atoms with Crippen LogP contribution in [0, 0.1) is 5.92 Å². The van der Waals surface area contributed by atoms with Gasteiger partial charge in [0.05, 0.1) is 18.8 Å². The molecule has 0 unspecified atom stereocenters. The van der Waals surface area contributed by atoms with Crippen molar-refractivity contribution in [2.75, 3.05) is 23.8 Å². The maximum atomic E-state index is 14.7. The van der Waals surface area contributed by atoms with Gasteiger partial charge in [-0.05, 0) is 100 Å². The number of alkyl halides is 3. The molecular formula is C27H30FI2N3O3S. The summed E-state index contributed by atoms with van der Waals surface area (Å²) in [6.45, 7) is 4.58. The highest BCUT2D eigenvalue weighted by Gasteiger charge is 2.36. The van der Waals surface area contributed by atoms with Crippen LogP contribution in [-0.2, 0) is 6.42 Å². The molecule has 3 N–H and O–H groups in total. The second-order valence-electron chi connectivity index (χ2n) is 9.16. The minimum Gasteiger partial charge on any atom is -0.461 e. The van der Waals surface area contributed by atoms with Gasteiger partial charge in [-0.3, -0.25) is 0 Å². The van der Waals surface area contributed by atoms with Crippen LogP contribution in [0.5, 0.6) is 0 Å². The minimum atomic E-state index is -1.47. The number of carbonyl (C=O) groups excluding carboxylic acids is 1. The Hall–Kier alpha value is -1.51. The Morgan fingerprint density at radius 3 is 2.76 bits per heavy atom. The number of anilines is 2. The highest BCUT2D eigenvalue weighted by Crippen LogP contribution is 2.49. The van der Waals surface area contributed by atoms with Gasteiger partial charge in [-0.1, -0.05) is 43.3 Å². The van der Waals surface area contributed by atoms with Crippen LogP contribution in [0.15, 0.2) is 53.9 Å². The van der Waals surface area contributed by atoms with Crippen molar-refractivity contribution in [1.82, 2.24) is 4.98 Å². The van der Waals surface area contributed by atoms with Gasteiger partial charge < -0.3 is 20.5 Å². The molecule has 1 aromatic heterocycles. The topological polar surface area (TPSA) is 83.5 Å². The number of rotatable bonds is 10. The van der Waals surface area contributed by atoms with E-state index >= 15 is 0 Å². The normalized spacial score (nSPS) is 20.0. The van der Waals surface area contributed by atoms with E-state index in [4.69, 9.17) is 4.74 Å². The number of carbonyl (C=O) groups is 1. The van der Waals surface area contributed by atoms with Crippen LogP contribution in [0.3, 0.4) is 0 Å². The number of aliphatic hydroxyl groups excluding tert-OH is 1. The molecule has 0 bridgehead atoms. The van der Waals surface area contributed by atoms with Crippen molar-refractivity contribution >= 4 is 73.3 Å². The van der Waals surface area contributed by atoms with E-state index in [-0.39, 0.29) is 23.6 Å². The van der Waals surface area contributed by atoms with Crippen molar-refractivity contribution in [3.63, 3.8) is 0 Å². The van der Waals surface area contributed by atoms with E-state index in [1.165, 1.54) is 16.9 Å². The predicted molar refractivity (Wildman–Crippen MR) is 164 cm³/mol. The number of aliphatic hydroxyl groups is 1. The summed E-state index contributed by atoms with van der Waals surface area (Å²) in [7, 11) is 0. The lowest BCUT2D eigenvalue weighted by molar-refractivity contribution is 0.0520. The number of thiazole rings is 1. The molecule has 10 heteroatoms. The van der Waals surface area contributed by atoms with E-state index in [0.717, 1.165) is 17.7 Å². The summed E-state index contributed by atoms with van der Waals surface area (Å²) in [5.74, 6) is -0.0769. The Balaban J connectivity index is 1.45. The Morgan fingerprint density at radius 1 is 1.30 bits per heavy atom. The number of halogens is 3. The summed E-state index contributed by atoms with van der Waals surface area (Å²) in [5, 5.41) is 19.8. The lowest BCUT2D eigenvalue weighted by atomic mass is 9.73. The first-order chi connectivity index (χ1) is 17.7. The lowest BCUT2D eigenvalue weighted by Gasteiger charge is -2.40. The monoisotopic (exact) mass is 749 g/mol. The molecular weight excluding hydrogens is 719 g/mol. The summed E-state index contributed by atoms with van der Waals surface area (Å²) < 4.78 is 18.2. The molecule has 1 aliphatic heterocycles. The van der Waals surface area contributed by atoms with Gasteiger partial charge in [0.1, 0.15) is 0 Å². The molecule has 4 atom stereocenters. The van der Waals surface area contributed by atoms with Gasteiger partial charge in [-0.25, -0.2) is 14.2 Å². The number of aromatic nitrogens is 1. The van der Waals surface area contributed by atoms with Gasteiger partial charge in [0.2, 0.25) is 1.68 Å². The Labute approximate surface area is 248 Å². The van der Waals surface area contributed by atoms with E-state index < -0.39 is 13.8 Å². The van der Waals surface area contributed by atoms with Crippen molar-refractivity contribution in [3.05, 3.63) is 76.3 Å². The molecule has 2 aromatic carbocycles. The lowest BCUT2D eigenvalue weighted by Crippen LogP contribution is -2.32. The zero-order valence-electron chi connectivity index (χ0n) is 20.6. The van der Waals surface area contributed by atoms with Crippen LogP contribution in [0.4, 0.5) is 15.2 Å². The number of ether oxygens (including phenoxy) is 1. The molecule has 6 nitrogen and oxygen atoms in total.